The van der Waals surface area contributed by atoms with Gasteiger partial charge in [0.05, 0.1) is 0 Å². The number of amides is 3. The second-order valence-corrected chi connectivity index (χ2v) is 8.00. The molecule has 2 N–H and O–H groups in total. The lowest BCUT2D eigenvalue weighted by molar-refractivity contribution is 0.0688. The molecule has 2 aromatic carbocycles. The summed E-state index contributed by atoms with van der Waals surface area (Å²) in [6.07, 6.45) is 3.07. The quantitative estimate of drug-likeness (QED) is 0.522. The smallest absolute Gasteiger partial charge is 0.273 e. The number of hydrogen-bond acceptors (Lipinski definition) is 5. The van der Waals surface area contributed by atoms with Crippen LogP contribution in [0.15, 0.2) is 48.8 Å². The minimum Gasteiger partial charge on any atom is -0.348 e. The number of nitrogens with zero attached hydrogens (tertiary/aromatic N) is 3. The van der Waals surface area contributed by atoms with Crippen LogP contribution in [0.25, 0.3) is 0 Å². The Bertz CT molecular complexity index is 1290. The molecule has 3 amide bonds. The van der Waals surface area contributed by atoms with Crippen LogP contribution in [-0.4, -0.2) is 51.7 Å². The Morgan fingerprint density at radius 1 is 0.861 bits per heavy atom. The summed E-state index contributed by atoms with van der Waals surface area (Å²) in [6, 6.07) is 5.06. The third kappa shape index (κ3) is 5.48. The van der Waals surface area contributed by atoms with Crippen LogP contribution in [0.1, 0.15) is 44.0 Å². The van der Waals surface area contributed by atoms with E-state index in [1.54, 1.807) is 0 Å². The zero-order valence-electron chi connectivity index (χ0n) is 18.6. The van der Waals surface area contributed by atoms with Crippen molar-refractivity contribution in [2.75, 3.05) is 18.4 Å². The first-order valence-electron chi connectivity index (χ1n) is 10.9. The van der Waals surface area contributed by atoms with Crippen molar-refractivity contribution in [3.05, 3.63) is 88.9 Å². The number of likely N-dealkylation sites (tertiary alicyclic amines) is 1. The highest BCUT2D eigenvalue weighted by molar-refractivity contribution is 6.07. The summed E-state index contributed by atoms with van der Waals surface area (Å²) in [6.45, 7) is 0.291. The van der Waals surface area contributed by atoms with Crippen LogP contribution in [0.5, 0.6) is 0 Å². The van der Waals surface area contributed by atoms with Crippen molar-refractivity contribution in [3.63, 3.8) is 0 Å². The number of benzene rings is 2. The summed E-state index contributed by atoms with van der Waals surface area (Å²) in [5, 5.41) is 5.05. The summed E-state index contributed by atoms with van der Waals surface area (Å²) in [7, 11) is 0. The van der Waals surface area contributed by atoms with E-state index in [0.717, 1.165) is 24.3 Å². The van der Waals surface area contributed by atoms with Crippen LogP contribution < -0.4 is 10.6 Å². The normalized spacial score (nSPS) is 13.8. The molecule has 36 heavy (non-hydrogen) atoms. The number of piperidine rings is 1. The predicted octanol–water partition coefficient (Wildman–Crippen LogP) is 3.32. The molecule has 186 valence electrons. The van der Waals surface area contributed by atoms with E-state index < -0.39 is 52.6 Å². The first-order valence-corrected chi connectivity index (χ1v) is 10.9. The minimum atomic E-state index is -0.950. The topological polar surface area (TPSA) is 104 Å². The van der Waals surface area contributed by atoms with Crippen LogP contribution in [0, 0.1) is 23.3 Å². The Kier molecular flexibility index (Phi) is 7.23. The molecule has 8 nitrogen and oxygen atoms in total. The number of nitrogens with one attached hydrogen (secondary N) is 2. The summed E-state index contributed by atoms with van der Waals surface area (Å²) in [5.41, 5.74) is -1.17. The standard InChI is InChI=1S/C24H19F4N5O3/c25-14-10-13(11-15(26)12-14)22(34)32-21-20(29-6-7-30-21)23(35)31-16-4-8-33(9-5-16)24(36)19-17(27)2-1-3-18(19)28/h1-3,6-7,10-12,16H,4-5,8-9H2,(H,31,35)(H,30,32,34). The maximum Gasteiger partial charge on any atom is 0.273 e. The van der Waals surface area contributed by atoms with E-state index in [0.29, 0.717) is 18.9 Å². The number of carbonyl (C=O) groups excluding carboxylic acids is 3. The summed E-state index contributed by atoms with van der Waals surface area (Å²) in [5.74, 6) is -6.35. The Labute approximate surface area is 202 Å². The largest absolute Gasteiger partial charge is 0.348 e. The number of rotatable bonds is 5. The van der Waals surface area contributed by atoms with Gasteiger partial charge in [0.15, 0.2) is 11.5 Å². The molecular formula is C24H19F4N5O3. The highest BCUT2D eigenvalue weighted by Gasteiger charge is 2.29. The average Bonchev–Trinajstić information content (AvgIpc) is 2.84. The fourth-order valence-corrected chi connectivity index (χ4v) is 3.80. The third-order valence-corrected chi connectivity index (χ3v) is 5.56. The van der Waals surface area contributed by atoms with Gasteiger partial charge >= 0.3 is 0 Å². The maximum absolute atomic E-state index is 13.9. The molecule has 0 atom stereocenters. The van der Waals surface area contributed by atoms with E-state index in [1.165, 1.54) is 23.4 Å². The lowest BCUT2D eigenvalue weighted by atomic mass is 10.0. The lowest BCUT2D eigenvalue weighted by Crippen LogP contribution is -2.47. The monoisotopic (exact) mass is 501 g/mol. The molecule has 0 spiro atoms. The van der Waals surface area contributed by atoms with E-state index in [9.17, 15) is 31.9 Å². The highest BCUT2D eigenvalue weighted by atomic mass is 19.1. The minimum absolute atomic E-state index is 0.146. The molecule has 0 bridgehead atoms. The van der Waals surface area contributed by atoms with Crippen molar-refractivity contribution >= 4 is 23.5 Å². The fourth-order valence-electron chi connectivity index (χ4n) is 3.80. The Morgan fingerprint density at radius 3 is 2.11 bits per heavy atom. The van der Waals surface area contributed by atoms with Crippen molar-refractivity contribution in [2.45, 2.75) is 18.9 Å². The number of hydrogen-bond donors (Lipinski definition) is 2. The van der Waals surface area contributed by atoms with Crippen molar-refractivity contribution in [2.24, 2.45) is 0 Å². The number of carbonyl (C=O) groups is 3. The maximum atomic E-state index is 13.9. The van der Waals surface area contributed by atoms with Crippen molar-refractivity contribution < 1.29 is 31.9 Å². The molecule has 2 heterocycles. The molecule has 1 saturated heterocycles. The van der Waals surface area contributed by atoms with Gasteiger partial charge in [0.25, 0.3) is 17.7 Å². The predicted molar refractivity (Wildman–Crippen MR) is 119 cm³/mol. The molecule has 4 rings (SSSR count). The highest BCUT2D eigenvalue weighted by Crippen LogP contribution is 2.19. The van der Waals surface area contributed by atoms with Crippen LogP contribution in [0.3, 0.4) is 0 Å². The number of anilines is 1. The van der Waals surface area contributed by atoms with E-state index in [1.807, 2.05) is 0 Å². The molecule has 1 aliphatic rings. The van der Waals surface area contributed by atoms with Crippen LogP contribution in [0.4, 0.5) is 23.4 Å². The third-order valence-electron chi connectivity index (χ3n) is 5.56. The average molecular weight is 501 g/mol. The van der Waals surface area contributed by atoms with Crippen molar-refractivity contribution in [1.29, 1.82) is 0 Å². The van der Waals surface area contributed by atoms with Gasteiger partial charge in [-0.1, -0.05) is 6.07 Å². The zero-order valence-corrected chi connectivity index (χ0v) is 18.6. The molecule has 0 radical (unpaired) electrons. The Balaban J connectivity index is 1.39. The lowest BCUT2D eigenvalue weighted by Gasteiger charge is -2.32. The van der Waals surface area contributed by atoms with Crippen LogP contribution in [-0.2, 0) is 0 Å². The second-order valence-electron chi connectivity index (χ2n) is 8.00. The second kappa shape index (κ2) is 10.5. The molecule has 0 aliphatic carbocycles. The molecule has 12 heteroatoms. The molecule has 1 aliphatic heterocycles. The van der Waals surface area contributed by atoms with Gasteiger partial charge in [-0.3, -0.25) is 14.4 Å². The van der Waals surface area contributed by atoms with Crippen LogP contribution >= 0.6 is 0 Å². The first kappa shape index (κ1) is 24.8. The fraction of sp³-hybridized carbons (Fsp3) is 0.208. The zero-order chi connectivity index (χ0) is 25.8. The molecule has 1 fully saturated rings. The molecular weight excluding hydrogens is 482 g/mol. The van der Waals surface area contributed by atoms with Gasteiger partial charge in [0, 0.05) is 43.2 Å². The summed E-state index contributed by atoms with van der Waals surface area (Å²) < 4.78 is 54.8. The molecule has 0 saturated carbocycles. The first-order chi connectivity index (χ1) is 17.2. The van der Waals surface area contributed by atoms with Crippen LogP contribution in [0.2, 0.25) is 0 Å². The van der Waals surface area contributed by atoms with E-state index in [4.69, 9.17) is 0 Å². The van der Waals surface area contributed by atoms with Gasteiger partial charge in [-0.05, 0) is 37.1 Å². The summed E-state index contributed by atoms with van der Waals surface area (Å²) in [4.78, 5) is 47.0. The Hall–Kier alpha value is -4.35. The van der Waals surface area contributed by atoms with Gasteiger partial charge in [-0.25, -0.2) is 27.5 Å². The van der Waals surface area contributed by atoms with Gasteiger partial charge in [0.2, 0.25) is 0 Å². The molecule has 3 aromatic rings. The SMILES string of the molecule is O=C(Nc1nccnc1C(=O)NC1CCN(C(=O)c2c(F)cccc2F)CC1)c1cc(F)cc(F)c1. The number of halogens is 4. The van der Waals surface area contributed by atoms with E-state index in [2.05, 4.69) is 20.6 Å². The summed E-state index contributed by atoms with van der Waals surface area (Å²) >= 11 is 0. The van der Waals surface area contributed by atoms with Gasteiger partial charge in [-0.15, -0.1) is 0 Å². The van der Waals surface area contributed by atoms with Gasteiger partial charge in [0.1, 0.15) is 28.8 Å². The van der Waals surface area contributed by atoms with E-state index >= 15 is 0 Å². The molecule has 0 unspecified atom stereocenters. The van der Waals surface area contributed by atoms with Crippen molar-refractivity contribution in [1.82, 2.24) is 20.2 Å². The van der Waals surface area contributed by atoms with E-state index in [-0.39, 0.29) is 30.2 Å². The number of aromatic nitrogens is 2. The Morgan fingerprint density at radius 2 is 1.47 bits per heavy atom. The van der Waals surface area contributed by atoms with Gasteiger partial charge in [-0.2, -0.15) is 0 Å². The molecule has 1 aromatic heterocycles. The van der Waals surface area contributed by atoms with Gasteiger partial charge < -0.3 is 15.5 Å². The van der Waals surface area contributed by atoms with Crippen molar-refractivity contribution in [3.8, 4) is 0 Å².